The third-order valence-corrected chi connectivity index (χ3v) is 8.70. The zero-order valence-corrected chi connectivity index (χ0v) is 23.1. The Hall–Kier alpha value is -4.47. The van der Waals surface area contributed by atoms with Crippen LogP contribution < -0.4 is 5.32 Å². The van der Waals surface area contributed by atoms with Crippen LogP contribution in [0.15, 0.2) is 97.8 Å². The van der Waals surface area contributed by atoms with Crippen molar-refractivity contribution in [3.63, 3.8) is 0 Å². The lowest BCUT2D eigenvalue weighted by molar-refractivity contribution is 0.102. The first kappa shape index (κ1) is 25.5. The summed E-state index contributed by atoms with van der Waals surface area (Å²) in [4.78, 5) is 26.4. The molecule has 1 atom stereocenters. The lowest BCUT2D eigenvalue weighted by atomic mass is 10.1. The van der Waals surface area contributed by atoms with Crippen LogP contribution in [0.25, 0.3) is 22.2 Å². The van der Waals surface area contributed by atoms with Gasteiger partial charge in [-0.05, 0) is 53.6 Å². The largest absolute Gasteiger partial charge is 0.333 e. The van der Waals surface area contributed by atoms with Crippen molar-refractivity contribution < 1.29 is 9.18 Å². The third kappa shape index (κ3) is 4.87. The van der Waals surface area contributed by atoms with E-state index in [4.69, 9.17) is 11.6 Å². The molecule has 1 aliphatic rings. The Kier molecular flexibility index (Phi) is 6.53. The van der Waals surface area contributed by atoms with Crippen molar-refractivity contribution in [3.05, 3.63) is 131 Å². The van der Waals surface area contributed by atoms with Crippen LogP contribution in [0.3, 0.4) is 0 Å². The number of nitrogens with zero attached hydrogens (tertiary/aromatic N) is 5. The van der Waals surface area contributed by atoms with Gasteiger partial charge in [0.25, 0.3) is 5.91 Å². The average Bonchev–Trinajstić information content (AvgIpc) is 3.70. The second kappa shape index (κ2) is 10.5. The lowest BCUT2D eigenvalue weighted by Gasteiger charge is -2.12. The Morgan fingerprint density at radius 1 is 1.07 bits per heavy atom. The average molecular weight is 581 g/mol. The van der Waals surface area contributed by atoms with E-state index in [1.807, 2.05) is 59.4 Å². The minimum absolute atomic E-state index is 0.0878. The molecule has 0 saturated heterocycles. The molecule has 7 nitrogen and oxygen atoms in total. The Balaban J connectivity index is 1.15. The molecule has 0 fully saturated rings. The number of benzene rings is 2. The van der Waals surface area contributed by atoms with Gasteiger partial charge in [-0.1, -0.05) is 35.9 Å². The van der Waals surface area contributed by atoms with Crippen LogP contribution in [0.1, 0.15) is 32.6 Å². The number of pyridine rings is 2. The van der Waals surface area contributed by atoms with Crippen LogP contribution >= 0.6 is 23.4 Å². The molecule has 4 aromatic heterocycles. The number of hydrogen-bond acceptors (Lipinski definition) is 5. The van der Waals surface area contributed by atoms with Gasteiger partial charge in [0.2, 0.25) is 0 Å². The zero-order valence-electron chi connectivity index (χ0n) is 21.5. The molecule has 5 heterocycles. The highest BCUT2D eigenvalue weighted by Crippen LogP contribution is 2.42. The van der Waals surface area contributed by atoms with E-state index in [9.17, 15) is 9.18 Å². The van der Waals surface area contributed by atoms with Crippen LogP contribution in [0, 0.1) is 5.82 Å². The standard InChI is InChI=1S/C31H22ClFN6OS/c32-25-15-35-29(37-30(40)23-8-10-39-28(23)17-41-31(39)21-4-2-9-34-14-21)13-24(25)20-6-7-26-27(12-20)38(18-36-26)16-19-3-1-5-22(33)11-19/h1-15,18,31H,16-17H2,(H,35,37,40)/t31-/m1/s1. The SMILES string of the molecule is O=C(Nc1cc(-c2ccc3ncn(Cc4cccc(F)c4)c3c2)c(Cl)cn1)c1ccn2c1CS[C@@H]2c1cccnc1. The zero-order chi connectivity index (χ0) is 27.9. The van der Waals surface area contributed by atoms with Gasteiger partial charge >= 0.3 is 0 Å². The van der Waals surface area contributed by atoms with Gasteiger partial charge in [0.1, 0.15) is 17.0 Å². The molecule has 2 aromatic carbocycles. The molecule has 10 heteroatoms. The van der Waals surface area contributed by atoms with Crippen molar-refractivity contribution in [1.29, 1.82) is 0 Å². The van der Waals surface area contributed by atoms with Crippen LogP contribution in [-0.4, -0.2) is 30.0 Å². The minimum Gasteiger partial charge on any atom is -0.333 e. The van der Waals surface area contributed by atoms with Crippen LogP contribution in [-0.2, 0) is 12.3 Å². The normalized spacial score (nSPS) is 14.3. The van der Waals surface area contributed by atoms with Gasteiger partial charge in [0, 0.05) is 53.9 Å². The number of halogens is 2. The Morgan fingerprint density at radius 3 is 2.85 bits per heavy atom. The number of thioether (sulfide) groups is 1. The van der Waals surface area contributed by atoms with Gasteiger partial charge in [-0.15, -0.1) is 11.8 Å². The molecule has 6 aromatic rings. The summed E-state index contributed by atoms with van der Waals surface area (Å²) in [5, 5.41) is 3.50. The fourth-order valence-corrected chi connectivity index (χ4v) is 6.69. The molecule has 1 aliphatic heterocycles. The molecule has 41 heavy (non-hydrogen) atoms. The lowest BCUT2D eigenvalue weighted by Crippen LogP contribution is -2.14. The summed E-state index contributed by atoms with van der Waals surface area (Å²) in [6.45, 7) is 0.477. The number of carbonyl (C=O) groups excluding carboxylic acids is 1. The third-order valence-electron chi connectivity index (χ3n) is 7.14. The number of amides is 1. The summed E-state index contributed by atoms with van der Waals surface area (Å²) in [7, 11) is 0. The van der Waals surface area contributed by atoms with E-state index in [1.165, 1.54) is 12.1 Å². The first-order valence-corrected chi connectivity index (χ1v) is 14.3. The van der Waals surface area contributed by atoms with E-state index in [1.54, 1.807) is 42.6 Å². The molecular weight excluding hydrogens is 559 g/mol. The van der Waals surface area contributed by atoms with E-state index in [0.717, 1.165) is 44.7 Å². The number of rotatable bonds is 6. The van der Waals surface area contributed by atoms with Gasteiger partial charge in [0.15, 0.2) is 0 Å². The second-order valence-corrected chi connectivity index (χ2v) is 11.2. The van der Waals surface area contributed by atoms with Gasteiger partial charge in [-0.3, -0.25) is 9.78 Å². The summed E-state index contributed by atoms with van der Waals surface area (Å²) < 4.78 is 17.8. The van der Waals surface area contributed by atoms with Crippen molar-refractivity contribution in [1.82, 2.24) is 24.1 Å². The van der Waals surface area contributed by atoms with Crippen LogP contribution in [0.2, 0.25) is 5.02 Å². The molecule has 7 rings (SSSR count). The maximum atomic E-state index is 13.7. The van der Waals surface area contributed by atoms with Gasteiger partial charge in [-0.2, -0.15) is 0 Å². The highest BCUT2D eigenvalue weighted by atomic mass is 35.5. The Labute approximate surface area is 244 Å². The van der Waals surface area contributed by atoms with Crippen LogP contribution in [0.4, 0.5) is 10.2 Å². The summed E-state index contributed by atoms with van der Waals surface area (Å²) in [6, 6.07) is 20.0. The number of anilines is 1. The summed E-state index contributed by atoms with van der Waals surface area (Å²) in [6.07, 6.45) is 8.85. The van der Waals surface area contributed by atoms with Crippen molar-refractivity contribution in [3.8, 4) is 11.1 Å². The number of aromatic nitrogens is 5. The maximum absolute atomic E-state index is 13.7. The Morgan fingerprint density at radius 2 is 2.00 bits per heavy atom. The predicted octanol–water partition coefficient (Wildman–Crippen LogP) is 7.18. The van der Waals surface area contributed by atoms with Crippen molar-refractivity contribution >= 4 is 46.1 Å². The van der Waals surface area contributed by atoms with E-state index in [2.05, 4.69) is 24.8 Å². The quantitative estimate of drug-likeness (QED) is 0.226. The fraction of sp³-hybridized carbons (Fsp3) is 0.0968. The van der Waals surface area contributed by atoms with Crippen molar-refractivity contribution in [2.75, 3.05) is 5.32 Å². The van der Waals surface area contributed by atoms with E-state index in [-0.39, 0.29) is 17.1 Å². The summed E-state index contributed by atoms with van der Waals surface area (Å²) in [5.41, 5.74) is 6.79. The highest BCUT2D eigenvalue weighted by Gasteiger charge is 2.28. The second-order valence-electron chi connectivity index (χ2n) is 9.74. The number of imidazole rings is 1. The van der Waals surface area contributed by atoms with Gasteiger partial charge in [-0.25, -0.2) is 14.4 Å². The number of hydrogen-bond donors (Lipinski definition) is 1. The highest BCUT2D eigenvalue weighted by molar-refractivity contribution is 7.99. The van der Waals surface area contributed by atoms with Crippen molar-refractivity contribution in [2.45, 2.75) is 17.7 Å². The Bertz CT molecular complexity index is 1920. The summed E-state index contributed by atoms with van der Waals surface area (Å²) in [5.74, 6) is 0.619. The molecule has 0 bridgehead atoms. The molecular formula is C31H22ClFN6OS. The smallest absolute Gasteiger partial charge is 0.258 e. The van der Waals surface area contributed by atoms with Gasteiger partial charge < -0.3 is 14.5 Å². The minimum atomic E-state index is -0.275. The number of fused-ring (bicyclic) bond motifs is 2. The maximum Gasteiger partial charge on any atom is 0.258 e. The molecule has 0 spiro atoms. The molecule has 1 amide bonds. The monoisotopic (exact) mass is 580 g/mol. The molecule has 0 radical (unpaired) electrons. The van der Waals surface area contributed by atoms with E-state index < -0.39 is 0 Å². The van der Waals surface area contributed by atoms with Crippen molar-refractivity contribution in [2.24, 2.45) is 0 Å². The van der Waals surface area contributed by atoms with E-state index in [0.29, 0.717) is 22.9 Å². The molecule has 0 saturated carbocycles. The topological polar surface area (TPSA) is 77.6 Å². The molecule has 0 aliphatic carbocycles. The first-order valence-electron chi connectivity index (χ1n) is 12.9. The van der Waals surface area contributed by atoms with E-state index >= 15 is 0 Å². The molecule has 0 unspecified atom stereocenters. The van der Waals surface area contributed by atoms with Gasteiger partial charge in [0.05, 0.1) is 27.9 Å². The summed E-state index contributed by atoms with van der Waals surface area (Å²) >= 11 is 8.34. The number of nitrogens with one attached hydrogen (secondary N) is 1. The molecule has 1 N–H and O–H groups in total. The fourth-order valence-electron chi connectivity index (χ4n) is 5.17. The first-order chi connectivity index (χ1) is 20.0. The van der Waals surface area contributed by atoms with Crippen LogP contribution in [0.5, 0.6) is 0 Å². The molecule has 202 valence electrons. The number of carbonyl (C=O) groups is 1. The predicted molar refractivity (Wildman–Crippen MR) is 160 cm³/mol.